The lowest BCUT2D eigenvalue weighted by molar-refractivity contribution is -0.305. The summed E-state index contributed by atoms with van der Waals surface area (Å²) in [4.78, 5) is 40.6. The van der Waals surface area contributed by atoms with Gasteiger partial charge in [0.2, 0.25) is 0 Å². The standard InChI is InChI=1S/C27H32ClNO5/c1-6-34-21-8-7-15(9-16(21)28)23-24-17(10-26(2,3)12-19(24)30)29(14-22(32)33)18-11-27(4,5)13-20(31)25(18)23/h7-9,23H,6,10-14H2,1-5H3,(H,32,33)/p-1. The second-order valence-electron chi connectivity index (χ2n) is 11.1. The van der Waals surface area contributed by atoms with E-state index in [4.69, 9.17) is 16.3 Å². The van der Waals surface area contributed by atoms with Crippen LogP contribution in [0.4, 0.5) is 0 Å². The van der Waals surface area contributed by atoms with Crippen LogP contribution in [0, 0.1) is 10.8 Å². The summed E-state index contributed by atoms with van der Waals surface area (Å²) in [6.45, 7) is 9.98. The molecule has 182 valence electrons. The Morgan fingerprint density at radius 1 is 1.03 bits per heavy atom. The van der Waals surface area contributed by atoms with Crippen LogP contribution in [-0.2, 0) is 14.4 Å². The number of carboxylic acids is 1. The maximum atomic E-state index is 13.6. The van der Waals surface area contributed by atoms with E-state index in [-0.39, 0.29) is 28.9 Å². The van der Waals surface area contributed by atoms with Crippen LogP contribution in [0.15, 0.2) is 40.7 Å². The van der Waals surface area contributed by atoms with Crippen LogP contribution in [0.1, 0.15) is 71.8 Å². The van der Waals surface area contributed by atoms with Crippen molar-refractivity contribution in [2.45, 2.75) is 66.2 Å². The third-order valence-corrected chi connectivity index (χ3v) is 7.19. The summed E-state index contributed by atoms with van der Waals surface area (Å²) in [6.07, 6.45) is 1.73. The van der Waals surface area contributed by atoms with E-state index >= 15 is 0 Å². The van der Waals surface area contributed by atoms with Crippen LogP contribution in [0.25, 0.3) is 0 Å². The van der Waals surface area contributed by atoms with Gasteiger partial charge in [-0.2, -0.15) is 0 Å². The first-order chi connectivity index (χ1) is 15.8. The van der Waals surface area contributed by atoms with Gasteiger partial charge in [-0.3, -0.25) is 9.59 Å². The highest BCUT2D eigenvalue weighted by Crippen LogP contribution is 2.54. The van der Waals surface area contributed by atoms with E-state index in [1.54, 1.807) is 17.0 Å². The van der Waals surface area contributed by atoms with Crippen molar-refractivity contribution in [2.24, 2.45) is 10.8 Å². The van der Waals surface area contributed by atoms with Gasteiger partial charge in [-0.15, -0.1) is 0 Å². The fourth-order valence-corrected chi connectivity index (χ4v) is 5.91. The number of carboxylic acid groups (broad SMARTS) is 1. The number of hydrogen-bond donors (Lipinski definition) is 0. The summed E-state index contributed by atoms with van der Waals surface area (Å²) in [7, 11) is 0. The van der Waals surface area contributed by atoms with Crippen molar-refractivity contribution in [3.63, 3.8) is 0 Å². The van der Waals surface area contributed by atoms with Crippen LogP contribution in [-0.4, -0.2) is 35.6 Å². The first-order valence-corrected chi connectivity index (χ1v) is 12.1. The predicted octanol–water partition coefficient (Wildman–Crippen LogP) is 4.17. The Morgan fingerprint density at radius 3 is 2.00 bits per heavy atom. The van der Waals surface area contributed by atoms with Crippen LogP contribution < -0.4 is 9.84 Å². The van der Waals surface area contributed by atoms with Gasteiger partial charge in [-0.25, -0.2) is 0 Å². The molecule has 6 nitrogen and oxygen atoms in total. The third-order valence-electron chi connectivity index (χ3n) is 6.90. The van der Waals surface area contributed by atoms with Gasteiger partial charge in [0.15, 0.2) is 11.6 Å². The zero-order valence-electron chi connectivity index (χ0n) is 20.4. The van der Waals surface area contributed by atoms with Crippen LogP contribution in [0.3, 0.4) is 0 Å². The molecule has 1 aromatic rings. The summed E-state index contributed by atoms with van der Waals surface area (Å²) in [6, 6.07) is 5.38. The zero-order valence-corrected chi connectivity index (χ0v) is 21.2. The van der Waals surface area contributed by atoms with E-state index < -0.39 is 11.9 Å². The van der Waals surface area contributed by atoms with Crippen molar-refractivity contribution in [1.29, 1.82) is 0 Å². The Labute approximate surface area is 205 Å². The van der Waals surface area contributed by atoms with E-state index in [2.05, 4.69) is 0 Å². The van der Waals surface area contributed by atoms with Crippen molar-refractivity contribution in [1.82, 2.24) is 4.90 Å². The van der Waals surface area contributed by atoms with Gasteiger partial charge in [0.1, 0.15) is 5.75 Å². The fourth-order valence-electron chi connectivity index (χ4n) is 5.67. The highest BCUT2D eigenvalue weighted by atomic mass is 35.5. The average molecular weight is 485 g/mol. The minimum atomic E-state index is -1.24. The van der Waals surface area contributed by atoms with Gasteiger partial charge in [0.25, 0.3) is 0 Å². The molecule has 0 atom stereocenters. The van der Waals surface area contributed by atoms with Crippen molar-refractivity contribution >= 4 is 29.1 Å². The Bertz CT molecular complexity index is 1090. The summed E-state index contributed by atoms with van der Waals surface area (Å²) in [5.41, 5.74) is 2.47. The number of Topliss-reactive ketones (excluding diaryl/α,β-unsaturated/α-hetero) is 2. The molecular weight excluding hydrogens is 454 g/mol. The molecular formula is C27H31ClNO5-. The third kappa shape index (κ3) is 4.40. The van der Waals surface area contributed by atoms with Gasteiger partial charge in [0, 0.05) is 41.3 Å². The topological polar surface area (TPSA) is 86.7 Å². The van der Waals surface area contributed by atoms with Crippen LogP contribution in [0.2, 0.25) is 5.02 Å². The largest absolute Gasteiger partial charge is 0.548 e. The van der Waals surface area contributed by atoms with E-state index in [0.717, 1.165) is 5.56 Å². The Balaban J connectivity index is 1.98. The molecule has 0 amide bonds. The molecule has 2 aliphatic carbocycles. The lowest BCUT2D eigenvalue weighted by Crippen LogP contribution is -2.47. The number of aliphatic carboxylic acids is 1. The van der Waals surface area contributed by atoms with Crippen LogP contribution >= 0.6 is 11.6 Å². The molecule has 0 spiro atoms. The zero-order chi connectivity index (χ0) is 25.0. The minimum Gasteiger partial charge on any atom is -0.548 e. The normalized spacial score (nSPS) is 22.0. The number of nitrogens with zero attached hydrogens (tertiary/aromatic N) is 1. The van der Waals surface area contributed by atoms with E-state index in [1.165, 1.54) is 0 Å². The van der Waals surface area contributed by atoms with Crippen molar-refractivity contribution < 1.29 is 24.2 Å². The SMILES string of the molecule is CCOc1ccc(C2C3=C(CC(C)(C)CC3=O)N(CC(=O)[O-])C3=C2C(=O)CC(C)(C)C3)cc1Cl. The van der Waals surface area contributed by atoms with E-state index in [1.807, 2.05) is 40.7 Å². The molecule has 34 heavy (non-hydrogen) atoms. The summed E-state index contributed by atoms with van der Waals surface area (Å²) in [5, 5.41) is 12.2. The molecule has 4 rings (SSSR count). The monoisotopic (exact) mass is 484 g/mol. The number of benzene rings is 1. The molecule has 3 aliphatic rings. The number of allylic oxidation sites excluding steroid dienone is 4. The quantitative estimate of drug-likeness (QED) is 0.623. The Kier molecular flexibility index (Phi) is 6.17. The molecule has 0 radical (unpaired) electrons. The fraction of sp³-hybridized carbons (Fsp3) is 0.519. The smallest absolute Gasteiger partial charge is 0.162 e. The molecule has 0 fully saturated rings. The minimum absolute atomic E-state index is 0.0613. The maximum absolute atomic E-state index is 13.6. The Hall–Kier alpha value is -2.60. The Morgan fingerprint density at radius 2 is 1.56 bits per heavy atom. The number of carbonyl (C=O) groups is 3. The first-order valence-electron chi connectivity index (χ1n) is 11.8. The highest BCUT2D eigenvalue weighted by Gasteiger charge is 2.49. The number of ketones is 2. The summed E-state index contributed by atoms with van der Waals surface area (Å²) in [5.74, 6) is -1.41. The molecule has 1 aromatic carbocycles. The van der Waals surface area contributed by atoms with Crippen molar-refractivity contribution in [3.05, 3.63) is 51.3 Å². The average Bonchev–Trinajstić information content (AvgIpc) is 2.68. The number of halogens is 1. The lowest BCUT2D eigenvalue weighted by atomic mass is 9.63. The molecule has 0 saturated carbocycles. The van der Waals surface area contributed by atoms with Gasteiger partial charge in [0.05, 0.1) is 24.1 Å². The molecule has 0 aromatic heterocycles. The summed E-state index contributed by atoms with van der Waals surface area (Å²) < 4.78 is 5.58. The van der Waals surface area contributed by atoms with Crippen LogP contribution in [0.5, 0.6) is 5.75 Å². The maximum Gasteiger partial charge on any atom is 0.162 e. The highest BCUT2D eigenvalue weighted by molar-refractivity contribution is 6.32. The number of hydrogen-bond acceptors (Lipinski definition) is 6. The van der Waals surface area contributed by atoms with Gasteiger partial charge in [-0.1, -0.05) is 45.4 Å². The number of carbonyl (C=O) groups excluding carboxylic acids is 3. The molecule has 0 saturated heterocycles. The van der Waals surface area contributed by atoms with E-state index in [9.17, 15) is 19.5 Å². The van der Waals surface area contributed by atoms with Gasteiger partial charge < -0.3 is 19.5 Å². The second-order valence-corrected chi connectivity index (χ2v) is 11.5. The molecule has 1 aliphatic heterocycles. The molecule has 0 bridgehead atoms. The van der Waals surface area contributed by atoms with Crippen molar-refractivity contribution in [2.75, 3.05) is 13.2 Å². The predicted molar refractivity (Wildman–Crippen MR) is 127 cm³/mol. The molecule has 0 N–H and O–H groups in total. The molecule has 7 heteroatoms. The summed E-state index contributed by atoms with van der Waals surface area (Å²) >= 11 is 6.52. The molecule has 1 heterocycles. The molecule has 0 unspecified atom stereocenters. The lowest BCUT2D eigenvalue weighted by Gasteiger charge is -2.49. The number of ether oxygens (including phenoxy) is 1. The number of rotatable bonds is 5. The van der Waals surface area contributed by atoms with Gasteiger partial charge in [-0.05, 0) is 48.3 Å². The van der Waals surface area contributed by atoms with Gasteiger partial charge >= 0.3 is 0 Å². The van der Waals surface area contributed by atoms with E-state index in [0.29, 0.717) is 65.6 Å². The second kappa shape index (κ2) is 8.56. The first kappa shape index (κ1) is 24.5. The van der Waals surface area contributed by atoms with Crippen molar-refractivity contribution in [3.8, 4) is 5.75 Å².